The molecule has 0 saturated carbocycles. The average molecular weight is 245 g/mol. The number of aromatic nitrogens is 1. The Hall–Kier alpha value is -1.32. The van der Waals surface area contributed by atoms with E-state index in [9.17, 15) is 0 Å². The molecule has 0 atom stereocenters. The van der Waals surface area contributed by atoms with Crippen LogP contribution in [0.25, 0.3) is 10.9 Å². The van der Waals surface area contributed by atoms with Crippen LogP contribution in [0.3, 0.4) is 0 Å². The van der Waals surface area contributed by atoms with E-state index in [-0.39, 0.29) is 0 Å². The number of para-hydroxylation sites is 1. The van der Waals surface area contributed by atoms with Crippen LogP contribution >= 0.6 is 0 Å². The van der Waals surface area contributed by atoms with E-state index < -0.39 is 0 Å². The molecule has 3 nitrogen and oxygen atoms in total. The summed E-state index contributed by atoms with van der Waals surface area (Å²) in [6, 6.07) is 8.50. The first kappa shape index (κ1) is 13.1. The summed E-state index contributed by atoms with van der Waals surface area (Å²) in [7, 11) is 4.21. The summed E-state index contributed by atoms with van der Waals surface area (Å²) >= 11 is 0. The van der Waals surface area contributed by atoms with Gasteiger partial charge in [-0.2, -0.15) is 0 Å². The van der Waals surface area contributed by atoms with Crippen molar-refractivity contribution in [3.63, 3.8) is 0 Å². The van der Waals surface area contributed by atoms with Crippen LogP contribution in [0, 0.1) is 0 Å². The molecule has 0 aliphatic heterocycles. The summed E-state index contributed by atoms with van der Waals surface area (Å²) in [6.07, 6.45) is 4.63. The fourth-order valence-electron chi connectivity index (χ4n) is 2.32. The van der Waals surface area contributed by atoms with Crippen LogP contribution in [0.4, 0.5) is 0 Å². The summed E-state index contributed by atoms with van der Waals surface area (Å²) in [6.45, 7) is 3.28. The lowest BCUT2D eigenvalue weighted by Gasteiger charge is -2.15. The SMILES string of the molecule is CNCCCCN(C)Cc1c[nH]c2ccccc12. The van der Waals surface area contributed by atoms with Crippen molar-refractivity contribution in [2.24, 2.45) is 0 Å². The first-order chi connectivity index (χ1) is 8.81. The van der Waals surface area contributed by atoms with Crippen molar-refractivity contribution in [1.82, 2.24) is 15.2 Å². The molecule has 0 aliphatic carbocycles. The van der Waals surface area contributed by atoms with Crippen LogP contribution in [-0.4, -0.2) is 37.1 Å². The Labute approximate surface area is 109 Å². The predicted molar refractivity (Wildman–Crippen MR) is 77.8 cm³/mol. The lowest BCUT2D eigenvalue weighted by molar-refractivity contribution is 0.319. The number of aromatic amines is 1. The van der Waals surface area contributed by atoms with Gasteiger partial charge in [0.25, 0.3) is 0 Å². The van der Waals surface area contributed by atoms with Crippen LogP contribution in [0.5, 0.6) is 0 Å². The normalized spacial score (nSPS) is 11.5. The average Bonchev–Trinajstić information content (AvgIpc) is 2.78. The van der Waals surface area contributed by atoms with E-state index in [1.807, 2.05) is 7.05 Å². The maximum absolute atomic E-state index is 3.33. The molecule has 0 radical (unpaired) electrons. The minimum Gasteiger partial charge on any atom is -0.361 e. The van der Waals surface area contributed by atoms with Crippen molar-refractivity contribution < 1.29 is 0 Å². The monoisotopic (exact) mass is 245 g/mol. The van der Waals surface area contributed by atoms with E-state index >= 15 is 0 Å². The lowest BCUT2D eigenvalue weighted by atomic mass is 10.1. The van der Waals surface area contributed by atoms with Crippen LogP contribution in [0.1, 0.15) is 18.4 Å². The fourth-order valence-corrected chi connectivity index (χ4v) is 2.32. The van der Waals surface area contributed by atoms with E-state index in [0.717, 1.165) is 19.6 Å². The Morgan fingerprint density at radius 1 is 1.22 bits per heavy atom. The summed E-state index contributed by atoms with van der Waals surface area (Å²) in [5.41, 5.74) is 2.62. The van der Waals surface area contributed by atoms with Crippen molar-refractivity contribution in [3.05, 3.63) is 36.0 Å². The molecule has 0 amide bonds. The Balaban J connectivity index is 1.88. The van der Waals surface area contributed by atoms with Gasteiger partial charge in [0.05, 0.1) is 0 Å². The minimum atomic E-state index is 1.02. The number of unbranched alkanes of at least 4 members (excludes halogenated alkanes) is 1. The van der Waals surface area contributed by atoms with Gasteiger partial charge >= 0.3 is 0 Å². The number of nitrogens with zero attached hydrogens (tertiary/aromatic N) is 1. The van der Waals surface area contributed by atoms with Crippen LogP contribution in [0.2, 0.25) is 0 Å². The van der Waals surface area contributed by atoms with Gasteiger partial charge in [0.1, 0.15) is 0 Å². The maximum Gasteiger partial charge on any atom is 0.0457 e. The van der Waals surface area contributed by atoms with Crippen molar-refractivity contribution in [2.45, 2.75) is 19.4 Å². The first-order valence-electron chi connectivity index (χ1n) is 6.69. The van der Waals surface area contributed by atoms with E-state index in [2.05, 4.69) is 52.7 Å². The third kappa shape index (κ3) is 3.34. The van der Waals surface area contributed by atoms with Gasteiger partial charge in [-0.25, -0.2) is 0 Å². The Morgan fingerprint density at radius 2 is 2.06 bits per heavy atom. The lowest BCUT2D eigenvalue weighted by Crippen LogP contribution is -2.20. The van der Waals surface area contributed by atoms with Gasteiger partial charge in [0.15, 0.2) is 0 Å². The third-order valence-corrected chi connectivity index (χ3v) is 3.33. The van der Waals surface area contributed by atoms with Gasteiger partial charge in [-0.1, -0.05) is 18.2 Å². The standard InChI is InChI=1S/C15H23N3/c1-16-9-5-6-10-18(2)12-13-11-17-15-8-4-3-7-14(13)15/h3-4,7-8,11,16-17H,5-6,9-10,12H2,1-2H3. The molecular weight excluding hydrogens is 222 g/mol. The Bertz CT molecular complexity index is 475. The molecule has 3 heteroatoms. The summed E-state index contributed by atoms with van der Waals surface area (Å²) in [5, 5.41) is 4.53. The van der Waals surface area contributed by atoms with Gasteiger partial charge in [-0.05, 0) is 51.7 Å². The van der Waals surface area contributed by atoms with E-state index in [1.54, 1.807) is 0 Å². The van der Waals surface area contributed by atoms with Crippen molar-refractivity contribution >= 4 is 10.9 Å². The van der Waals surface area contributed by atoms with Crippen LogP contribution in [-0.2, 0) is 6.54 Å². The number of rotatable bonds is 7. The molecule has 0 spiro atoms. The van der Waals surface area contributed by atoms with Gasteiger partial charge < -0.3 is 15.2 Å². The molecule has 0 aliphatic rings. The number of hydrogen-bond acceptors (Lipinski definition) is 2. The minimum absolute atomic E-state index is 1.02. The zero-order valence-corrected chi connectivity index (χ0v) is 11.4. The number of fused-ring (bicyclic) bond motifs is 1. The molecule has 0 saturated heterocycles. The first-order valence-corrected chi connectivity index (χ1v) is 6.69. The molecule has 0 unspecified atom stereocenters. The van der Waals surface area contributed by atoms with Gasteiger partial charge in [-0.15, -0.1) is 0 Å². The number of nitrogens with one attached hydrogen (secondary N) is 2. The number of hydrogen-bond donors (Lipinski definition) is 2. The zero-order valence-electron chi connectivity index (χ0n) is 11.4. The molecular formula is C15H23N3. The fraction of sp³-hybridized carbons (Fsp3) is 0.467. The second-order valence-electron chi connectivity index (χ2n) is 4.91. The quantitative estimate of drug-likeness (QED) is 0.735. The van der Waals surface area contributed by atoms with Crippen molar-refractivity contribution in [3.8, 4) is 0 Å². The van der Waals surface area contributed by atoms with Crippen molar-refractivity contribution in [2.75, 3.05) is 27.2 Å². The predicted octanol–water partition coefficient (Wildman–Crippen LogP) is 2.60. The molecule has 98 valence electrons. The maximum atomic E-state index is 3.33. The second kappa shape index (κ2) is 6.57. The number of H-pyrrole nitrogens is 1. The number of benzene rings is 1. The highest BCUT2D eigenvalue weighted by molar-refractivity contribution is 5.82. The molecule has 18 heavy (non-hydrogen) atoms. The molecule has 1 aromatic heterocycles. The summed E-state index contributed by atoms with van der Waals surface area (Å²) in [5.74, 6) is 0. The molecule has 2 N–H and O–H groups in total. The van der Waals surface area contributed by atoms with E-state index in [0.29, 0.717) is 0 Å². The topological polar surface area (TPSA) is 31.1 Å². The highest BCUT2D eigenvalue weighted by atomic mass is 15.1. The van der Waals surface area contributed by atoms with E-state index in [4.69, 9.17) is 0 Å². The van der Waals surface area contributed by atoms with Crippen LogP contribution in [0.15, 0.2) is 30.5 Å². The Kier molecular flexibility index (Phi) is 4.79. The van der Waals surface area contributed by atoms with Crippen LogP contribution < -0.4 is 5.32 Å². The largest absolute Gasteiger partial charge is 0.361 e. The highest BCUT2D eigenvalue weighted by Gasteiger charge is 2.05. The molecule has 2 rings (SSSR count). The Morgan fingerprint density at radius 3 is 2.89 bits per heavy atom. The van der Waals surface area contributed by atoms with E-state index in [1.165, 1.54) is 29.3 Å². The smallest absolute Gasteiger partial charge is 0.0457 e. The van der Waals surface area contributed by atoms with Gasteiger partial charge in [0.2, 0.25) is 0 Å². The molecule has 0 fully saturated rings. The third-order valence-electron chi connectivity index (χ3n) is 3.33. The molecule has 1 heterocycles. The van der Waals surface area contributed by atoms with Gasteiger partial charge in [0, 0.05) is 23.6 Å². The summed E-state index contributed by atoms with van der Waals surface area (Å²) < 4.78 is 0. The molecule has 2 aromatic rings. The highest BCUT2D eigenvalue weighted by Crippen LogP contribution is 2.18. The molecule has 1 aromatic carbocycles. The zero-order chi connectivity index (χ0) is 12.8. The molecule has 0 bridgehead atoms. The summed E-state index contributed by atoms with van der Waals surface area (Å²) in [4.78, 5) is 5.73. The van der Waals surface area contributed by atoms with Gasteiger partial charge in [-0.3, -0.25) is 0 Å². The second-order valence-corrected chi connectivity index (χ2v) is 4.91. The van der Waals surface area contributed by atoms with Crippen molar-refractivity contribution in [1.29, 1.82) is 0 Å².